The van der Waals surface area contributed by atoms with Crippen LogP contribution in [0.4, 0.5) is 5.69 Å². The van der Waals surface area contributed by atoms with E-state index in [4.69, 9.17) is 0 Å². The SMILES string of the molecule is Cc1ccc(CN(C(=O)CCCN(c2cc(C)cc(C)c2)S(C)(=O)=O)[C@H](Cc2ccccc2)C(=O)NC2CCCCC2)cc1. The van der Waals surface area contributed by atoms with E-state index in [0.29, 0.717) is 25.1 Å². The number of rotatable bonds is 13. The summed E-state index contributed by atoms with van der Waals surface area (Å²) in [6.45, 7) is 6.36. The molecule has 3 aromatic carbocycles. The third kappa shape index (κ3) is 9.68. The molecule has 44 heavy (non-hydrogen) atoms. The lowest BCUT2D eigenvalue weighted by Crippen LogP contribution is -2.52. The molecule has 0 saturated heterocycles. The van der Waals surface area contributed by atoms with E-state index in [1.807, 2.05) is 93.6 Å². The van der Waals surface area contributed by atoms with E-state index in [1.165, 1.54) is 17.0 Å². The summed E-state index contributed by atoms with van der Waals surface area (Å²) in [7, 11) is -3.56. The van der Waals surface area contributed by atoms with Crippen LogP contribution >= 0.6 is 0 Å². The molecule has 0 unspecified atom stereocenters. The molecule has 2 amide bonds. The van der Waals surface area contributed by atoms with Gasteiger partial charge in [0, 0.05) is 32.0 Å². The van der Waals surface area contributed by atoms with Gasteiger partial charge in [0.05, 0.1) is 11.9 Å². The zero-order valence-corrected chi connectivity index (χ0v) is 27.4. The molecule has 0 spiro atoms. The highest BCUT2D eigenvalue weighted by Gasteiger charge is 2.32. The van der Waals surface area contributed by atoms with Gasteiger partial charge in [0.15, 0.2) is 0 Å². The molecule has 0 heterocycles. The lowest BCUT2D eigenvalue weighted by atomic mass is 9.94. The van der Waals surface area contributed by atoms with Gasteiger partial charge in [0.1, 0.15) is 6.04 Å². The Balaban J connectivity index is 1.59. The average molecular weight is 618 g/mol. The van der Waals surface area contributed by atoms with Crippen LogP contribution in [0.2, 0.25) is 0 Å². The Kier molecular flexibility index (Phi) is 11.6. The molecule has 0 aromatic heterocycles. The third-order valence-corrected chi connectivity index (χ3v) is 9.54. The van der Waals surface area contributed by atoms with Gasteiger partial charge in [-0.2, -0.15) is 0 Å². The first kappa shape index (κ1) is 33.2. The molecule has 236 valence electrons. The summed E-state index contributed by atoms with van der Waals surface area (Å²) in [5.74, 6) is -0.298. The number of carbonyl (C=O) groups excluding carboxylic acids is 2. The lowest BCUT2D eigenvalue weighted by molar-refractivity contribution is -0.141. The normalized spacial score (nSPS) is 14.5. The van der Waals surface area contributed by atoms with E-state index in [2.05, 4.69) is 5.32 Å². The molecule has 3 aromatic rings. The van der Waals surface area contributed by atoms with E-state index < -0.39 is 16.1 Å². The van der Waals surface area contributed by atoms with Crippen molar-refractivity contribution in [3.05, 3.63) is 101 Å². The second-order valence-corrected chi connectivity index (χ2v) is 14.2. The average Bonchev–Trinajstić information content (AvgIpc) is 2.98. The molecule has 0 bridgehead atoms. The number of anilines is 1. The Morgan fingerprint density at radius 3 is 2.09 bits per heavy atom. The first-order valence-corrected chi connectivity index (χ1v) is 17.6. The molecular formula is C36H47N3O4S. The van der Waals surface area contributed by atoms with Gasteiger partial charge < -0.3 is 10.2 Å². The number of aryl methyl sites for hydroxylation is 3. The second kappa shape index (κ2) is 15.4. The van der Waals surface area contributed by atoms with Gasteiger partial charge in [-0.05, 0) is 74.4 Å². The van der Waals surface area contributed by atoms with Crippen LogP contribution in [-0.2, 0) is 32.6 Å². The van der Waals surface area contributed by atoms with Crippen LogP contribution in [0.3, 0.4) is 0 Å². The molecule has 0 radical (unpaired) electrons. The molecule has 1 saturated carbocycles. The minimum atomic E-state index is -3.56. The largest absolute Gasteiger partial charge is 0.352 e. The number of nitrogens with one attached hydrogen (secondary N) is 1. The molecule has 7 nitrogen and oxygen atoms in total. The number of benzene rings is 3. The van der Waals surface area contributed by atoms with Crippen molar-refractivity contribution in [1.82, 2.24) is 10.2 Å². The maximum absolute atomic E-state index is 14.1. The fourth-order valence-electron chi connectivity index (χ4n) is 6.09. The van der Waals surface area contributed by atoms with Crippen molar-refractivity contribution >= 4 is 27.5 Å². The van der Waals surface area contributed by atoms with Crippen molar-refractivity contribution in [2.75, 3.05) is 17.1 Å². The van der Waals surface area contributed by atoms with Crippen molar-refractivity contribution in [3.63, 3.8) is 0 Å². The molecule has 8 heteroatoms. The Morgan fingerprint density at radius 1 is 0.841 bits per heavy atom. The molecular weight excluding hydrogens is 570 g/mol. The van der Waals surface area contributed by atoms with E-state index in [1.54, 1.807) is 4.90 Å². The number of amides is 2. The Hall–Kier alpha value is -3.65. The maximum atomic E-state index is 14.1. The van der Waals surface area contributed by atoms with Crippen molar-refractivity contribution < 1.29 is 18.0 Å². The van der Waals surface area contributed by atoms with E-state index in [9.17, 15) is 18.0 Å². The van der Waals surface area contributed by atoms with Crippen LogP contribution < -0.4 is 9.62 Å². The smallest absolute Gasteiger partial charge is 0.243 e. The minimum absolute atomic E-state index is 0.116. The zero-order chi connectivity index (χ0) is 31.7. The van der Waals surface area contributed by atoms with Crippen molar-refractivity contribution in [2.45, 2.75) is 90.8 Å². The summed E-state index contributed by atoms with van der Waals surface area (Å²) in [6, 6.07) is 23.0. The fourth-order valence-corrected chi connectivity index (χ4v) is 7.04. The van der Waals surface area contributed by atoms with Crippen LogP contribution in [-0.4, -0.2) is 50.0 Å². The topological polar surface area (TPSA) is 86.8 Å². The van der Waals surface area contributed by atoms with E-state index in [-0.39, 0.29) is 30.8 Å². The van der Waals surface area contributed by atoms with Gasteiger partial charge in [0.25, 0.3) is 0 Å². The first-order valence-electron chi connectivity index (χ1n) is 15.7. The van der Waals surface area contributed by atoms with Crippen molar-refractivity contribution in [3.8, 4) is 0 Å². The lowest BCUT2D eigenvalue weighted by Gasteiger charge is -2.34. The quantitative estimate of drug-likeness (QED) is 0.246. The zero-order valence-electron chi connectivity index (χ0n) is 26.6. The van der Waals surface area contributed by atoms with Crippen LogP contribution in [0, 0.1) is 20.8 Å². The van der Waals surface area contributed by atoms with Gasteiger partial charge in [-0.1, -0.05) is 85.5 Å². The summed E-state index contributed by atoms with van der Waals surface area (Å²) in [6.07, 6.45) is 7.32. The monoisotopic (exact) mass is 617 g/mol. The van der Waals surface area contributed by atoms with Gasteiger partial charge >= 0.3 is 0 Å². The van der Waals surface area contributed by atoms with Crippen LogP contribution in [0.25, 0.3) is 0 Å². The molecule has 1 atom stereocenters. The first-order chi connectivity index (χ1) is 21.0. The highest BCUT2D eigenvalue weighted by atomic mass is 32.2. The maximum Gasteiger partial charge on any atom is 0.243 e. The third-order valence-electron chi connectivity index (χ3n) is 8.34. The van der Waals surface area contributed by atoms with Gasteiger partial charge in [0.2, 0.25) is 21.8 Å². The summed E-state index contributed by atoms with van der Waals surface area (Å²) in [5, 5.41) is 3.28. The van der Waals surface area contributed by atoms with E-state index in [0.717, 1.165) is 53.5 Å². The standard InChI is InChI=1S/C36H47N3O4S/c1-27-17-19-31(20-18-27)26-38(34(25-30-12-7-5-8-13-30)36(41)37-32-14-9-6-10-15-32)35(40)16-11-21-39(44(4,42)43)33-23-28(2)22-29(3)24-33/h5,7-8,12-13,17-20,22-24,32,34H,6,9-11,14-16,21,25-26H2,1-4H3,(H,37,41)/t34-/m1/s1. The van der Waals surface area contributed by atoms with E-state index >= 15 is 0 Å². The number of hydrogen-bond acceptors (Lipinski definition) is 4. The molecule has 1 aliphatic rings. The Bertz CT molecular complexity index is 1480. The number of carbonyl (C=O) groups is 2. The van der Waals surface area contributed by atoms with Crippen molar-refractivity contribution in [1.29, 1.82) is 0 Å². The Labute approximate surface area is 263 Å². The molecule has 4 rings (SSSR count). The summed E-state index contributed by atoms with van der Waals surface area (Å²) in [4.78, 5) is 29.8. The summed E-state index contributed by atoms with van der Waals surface area (Å²) < 4.78 is 27.0. The molecule has 0 aliphatic heterocycles. The highest BCUT2D eigenvalue weighted by molar-refractivity contribution is 7.92. The summed E-state index contributed by atoms with van der Waals surface area (Å²) in [5.41, 5.74) is 5.59. The second-order valence-electron chi connectivity index (χ2n) is 12.3. The highest BCUT2D eigenvalue weighted by Crippen LogP contribution is 2.24. The van der Waals surface area contributed by atoms with Crippen molar-refractivity contribution in [2.24, 2.45) is 0 Å². The molecule has 1 N–H and O–H groups in total. The predicted molar refractivity (Wildman–Crippen MR) is 178 cm³/mol. The number of sulfonamides is 1. The predicted octanol–water partition coefficient (Wildman–Crippen LogP) is 6.25. The van der Waals surface area contributed by atoms with Gasteiger partial charge in [-0.25, -0.2) is 8.42 Å². The minimum Gasteiger partial charge on any atom is -0.352 e. The van der Waals surface area contributed by atoms with Crippen LogP contribution in [0.1, 0.15) is 72.8 Å². The van der Waals surface area contributed by atoms with Crippen LogP contribution in [0.5, 0.6) is 0 Å². The number of hydrogen-bond donors (Lipinski definition) is 1. The van der Waals surface area contributed by atoms with Crippen LogP contribution in [0.15, 0.2) is 72.8 Å². The fraction of sp³-hybridized carbons (Fsp3) is 0.444. The Morgan fingerprint density at radius 2 is 1.48 bits per heavy atom. The van der Waals surface area contributed by atoms with Gasteiger partial charge in [-0.3, -0.25) is 13.9 Å². The number of nitrogens with zero attached hydrogens (tertiary/aromatic N) is 2. The summed E-state index contributed by atoms with van der Waals surface area (Å²) >= 11 is 0. The molecule has 1 aliphatic carbocycles. The molecule has 1 fully saturated rings. The van der Waals surface area contributed by atoms with Gasteiger partial charge in [-0.15, -0.1) is 0 Å².